The number of carbonyl (C=O) groups excluding carboxylic acids is 2. The summed E-state index contributed by atoms with van der Waals surface area (Å²) in [6.07, 6.45) is 1.62. The molecule has 0 amide bonds. The van der Waals surface area contributed by atoms with Crippen LogP contribution in [0.15, 0.2) is 193 Å². The molecular formula is C58H38Cl2N14O26S8. The molecule has 14 N–H and O–H groups in total. The summed E-state index contributed by atoms with van der Waals surface area (Å²) in [5.74, 6) is -3.08. The number of anilines is 6. The van der Waals surface area contributed by atoms with E-state index < -0.39 is 198 Å². The van der Waals surface area contributed by atoms with Crippen molar-refractivity contribution in [3.63, 3.8) is 0 Å². The van der Waals surface area contributed by atoms with E-state index >= 15 is 0 Å². The number of hydrogen-bond donors (Lipinski definition) is 14. The molecule has 108 heavy (non-hydrogen) atoms. The lowest BCUT2D eigenvalue weighted by molar-refractivity contribution is 0.105. The number of aromatic nitrogens is 6. The minimum Gasteiger partial charge on any atom is -0.324 e. The molecule has 0 aliphatic heterocycles. The minimum absolute atomic E-state index is 0.00226. The van der Waals surface area contributed by atoms with E-state index in [1.54, 1.807) is 0 Å². The Morgan fingerprint density at radius 3 is 1.02 bits per heavy atom. The first-order valence-electron chi connectivity index (χ1n) is 28.8. The smallest absolute Gasteiger partial charge is 0.296 e. The number of Topliss-reactive ketones (excluding diaryl/α,β-unsaturated/α-hetero) is 2. The maximum atomic E-state index is 13.9. The van der Waals surface area contributed by atoms with Crippen molar-refractivity contribution in [2.75, 3.05) is 21.5 Å². The molecule has 2 aliphatic rings. The van der Waals surface area contributed by atoms with Crippen molar-refractivity contribution in [1.29, 1.82) is 0 Å². The van der Waals surface area contributed by atoms with Crippen LogP contribution in [0.25, 0.3) is 44.8 Å². The van der Waals surface area contributed by atoms with Crippen molar-refractivity contribution in [2.24, 2.45) is 20.2 Å². The van der Waals surface area contributed by atoms with E-state index in [1.807, 2.05) is 0 Å². The van der Waals surface area contributed by atoms with Gasteiger partial charge in [0.1, 0.15) is 39.2 Å². The lowest BCUT2D eigenvalue weighted by Crippen LogP contribution is -2.27. The Morgan fingerprint density at radius 2 is 0.685 bits per heavy atom. The molecule has 0 fully saturated rings. The van der Waals surface area contributed by atoms with Crippen molar-refractivity contribution in [2.45, 2.75) is 29.4 Å². The second-order valence-electron chi connectivity index (χ2n) is 22.3. The molecule has 0 radical (unpaired) electrons. The highest BCUT2D eigenvalue weighted by atomic mass is 35.5. The molecule has 2 aromatic heterocycles. The van der Waals surface area contributed by atoms with Gasteiger partial charge in [-0.25, -0.2) is 9.98 Å². The maximum absolute atomic E-state index is 13.9. The molecule has 2 heterocycles. The zero-order chi connectivity index (χ0) is 78.5. The molecule has 0 atom stereocenters. The highest BCUT2D eigenvalue weighted by Crippen LogP contribution is 2.39. The van der Waals surface area contributed by atoms with Gasteiger partial charge in [-0.05, 0) is 144 Å². The summed E-state index contributed by atoms with van der Waals surface area (Å²) in [6.45, 7) is 0. The third-order valence-corrected chi connectivity index (χ3v) is 22.7. The van der Waals surface area contributed by atoms with Gasteiger partial charge in [0, 0.05) is 55.2 Å². The SMILES string of the molecule is O=C1/C(=N/Nc2cc(S(=O)(=O)O)c3cccc(S(=O)(=O)O)c3c2)C(S(=O)(=O)O)=Cc2cc(Nc3nc(Cl)[nH]c(=Nc4ccc(-c5ccc(N=c6nc(Nc7ccc8c(c7)C=C(S(=O)(=O)O)/C(=N/Nc7cc(S(=O)(=O)O)c9cccc(S(=O)(=O)O)c9c7)C8=O)nc(Cl)[nH]6)cc5S(=O)(=O)O)c(S(=O)(=O)O)c4)n3)ccc21. The first kappa shape index (κ1) is 76.8. The lowest BCUT2D eigenvalue weighted by atomic mass is 9.94. The number of allylic oxidation sites excluding steroid dienone is 2. The number of nitrogens with one attached hydrogen (secondary N) is 6. The van der Waals surface area contributed by atoms with E-state index in [4.69, 9.17) is 23.2 Å². The van der Waals surface area contributed by atoms with Crippen LogP contribution in [0.2, 0.25) is 10.6 Å². The summed E-state index contributed by atoms with van der Waals surface area (Å²) in [6, 6.07) is 22.4. The molecule has 0 unspecified atom stereocenters. The molecule has 50 heteroatoms. The van der Waals surface area contributed by atoms with Crippen LogP contribution in [0.5, 0.6) is 0 Å². The summed E-state index contributed by atoms with van der Waals surface area (Å²) < 4.78 is 283. The fraction of sp³-hybridized carbons (Fsp3) is 0. The summed E-state index contributed by atoms with van der Waals surface area (Å²) in [5.41, 5.74) is -1.95. The molecule has 0 saturated carbocycles. The Hall–Kier alpha value is -10.9. The molecule has 10 aromatic rings. The maximum Gasteiger partial charge on any atom is 0.296 e. The third kappa shape index (κ3) is 16.3. The molecule has 12 rings (SSSR count). The van der Waals surface area contributed by atoms with Crippen LogP contribution in [0, 0.1) is 0 Å². The average Bonchev–Trinajstić information content (AvgIpc) is 0.772. The summed E-state index contributed by atoms with van der Waals surface area (Å²) in [7, 11) is -41.8. The first-order chi connectivity index (χ1) is 50.1. The number of rotatable bonds is 19. The Bertz CT molecular complexity index is 6610. The number of benzene rings is 8. The van der Waals surface area contributed by atoms with Crippen molar-refractivity contribution >= 4 is 207 Å². The molecule has 0 spiro atoms. The summed E-state index contributed by atoms with van der Waals surface area (Å²) in [4.78, 5) is 49.9. The highest BCUT2D eigenvalue weighted by molar-refractivity contribution is 7.91. The van der Waals surface area contributed by atoms with Crippen molar-refractivity contribution in [3.05, 3.63) is 187 Å². The zero-order valence-electron chi connectivity index (χ0n) is 52.4. The molecule has 0 saturated heterocycles. The monoisotopic (exact) mass is 1670 g/mol. The van der Waals surface area contributed by atoms with E-state index in [0.717, 1.165) is 121 Å². The molecular weight excluding hydrogens is 1640 g/mol. The highest BCUT2D eigenvalue weighted by Gasteiger charge is 2.36. The number of hydrazone groups is 2. The number of H-pyrrole nitrogens is 2. The van der Waals surface area contributed by atoms with E-state index in [0.29, 0.717) is 0 Å². The summed E-state index contributed by atoms with van der Waals surface area (Å²) >= 11 is 12.6. The number of fused-ring (bicyclic) bond motifs is 4. The van der Waals surface area contributed by atoms with Crippen LogP contribution in [0.4, 0.5) is 46.0 Å². The van der Waals surface area contributed by atoms with Gasteiger partial charge in [0.05, 0.1) is 22.7 Å². The van der Waals surface area contributed by atoms with Crippen LogP contribution in [-0.4, -0.2) is 157 Å². The number of nitrogens with zero attached hydrogens (tertiary/aromatic N) is 8. The van der Waals surface area contributed by atoms with Gasteiger partial charge in [0.25, 0.3) is 80.9 Å². The van der Waals surface area contributed by atoms with E-state index in [9.17, 15) is 113 Å². The van der Waals surface area contributed by atoms with Gasteiger partial charge < -0.3 is 10.6 Å². The first-order valence-corrected chi connectivity index (χ1v) is 41.1. The third-order valence-electron chi connectivity index (χ3n) is 15.2. The van der Waals surface area contributed by atoms with Gasteiger partial charge >= 0.3 is 0 Å². The van der Waals surface area contributed by atoms with E-state index in [2.05, 4.69) is 71.6 Å². The van der Waals surface area contributed by atoms with Crippen LogP contribution in [0.1, 0.15) is 31.8 Å². The van der Waals surface area contributed by atoms with Crippen LogP contribution in [-0.2, 0) is 80.9 Å². The molecule has 40 nitrogen and oxygen atoms in total. The van der Waals surface area contributed by atoms with Crippen LogP contribution >= 0.6 is 23.2 Å². The van der Waals surface area contributed by atoms with Gasteiger partial charge in [-0.15, -0.1) is 0 Å². The number of carbonyl (C=O) groups is 2. The fourth-order valence-corrected chi connectivity index (χ4v) is 16.8. The quantitative estimate of drug-likeness (QED) is 0.0306. The number of halogens is 2. The number of hydrogen-bond acceptors (Lipinski definition) is 30. The Morgan fingerprint density at radius 1 is 0.343 bits per heavy atom. The fourth-order valence-electron chi connectivity index (χ4n) is 10.8. The van der Waals surface area contributed by atoms with Crippen molar-refractivity contribution < 1.29 is 113 Å². The van der Waals surface area contributed by atoms with Gasteiger partial charge in [-0.2, -0.15) is 97.5 Å². The van der Waals surface area contributed by atoms with E-state index in [-0.39, 0.29) is 67.7 Å². The molecule has 2 aliphatic carbocycles. The number of aromatic amines is 2. The van der Waals surface area contributed by atoms with Gasteiger partial charge in [0.15, 0.2) is 11.4 Å². The van der Waals surface area contributed by atoms with Gasteiger partial charge in [-0.3, -0.25) is 66.8 Å². The Kier molecular flexibility index (Phi) is 19.7. The van der Waals surface area contributed by atoms with E-state index in [1.165, 1.54) is 24.3 Å². The topological polar surface area (TPSA) is 650 Å². The standard InChI is InChI=1S/C58H38Cl2N14O26S8/c59-53-65-55(61-27-7-11-33-25(15-27)17-47(107(95,96)97)49(51(33)75)73-71-31-19-39-35(45(23-31)105(89,90)91)3-1-5-41(39)101(77,78)79)69-57(67-53)63-29-9-13-37(43(21-29)103(83,84)85)38-14-10-30(22-44(38)104(86,87)88)64-58-68-54(60)66-56(70-58)62-28-8-12-34-26(16-28)18-48(108(98,99)100)50(52(34)76)74-72-32-20-40-36(46(24-32)106(92,93)94)4-2-6-42(40)102(80,81)82/h1-24,71-72H,(H,77,78,79)(H,80,81,82)(H,83,84,85)(H,86,87,88)(H,89,90,91)(H,92,93,94)(H,95,96,97)(H,98,99,100)(H2,61,63,65,67,69)(H2,62,64,66,68,70)/b73-49-,74-50+. The molecule has 558 valence electrons. The lowest BCUT2D eigenvalue weighted by Gasteiger charge is -2.17. The second-order valence-corrected chi connectivity index (χ2v) is 34.1. The van der Waals surface area contributed by atoms with Crippen LogP contribution < -0.4 is 32.7 Å². The average molecular weight is 1670 g/mol. The Balaban J connectivity index is 0.797. The van der Waals surface area contributed by atoms with Crippen molar-refractivity contribution in [1.82, 2.24) is 29.9 Å². The minimum atomic E-state index is -5.36. The predicted molar refractivity (Wildman–Crippen MR) is 381 cm³/mol. The van der Waals surface area contributed by atoms with Crippen molar-refractivity contribution in [3.8, 4) is 11.1 Å². The number of ketones is 2. The summed E-state index contributed by atoms with van der Waals surface area (Å²) in [5, 5.41) is 10.5. The molecule has 0 bridgehead atoms. The predicted octanol–water partition coefficient (Wildman–Crippen LogP) is 6.42. The normalized spacial score (nSPS) is 15.1. The molecule has 8 aromatic carbocycles. The second kappa shape index (κ2) is 27.7. The van der Waals surface area contributed by atoms with Gasteiger partial charge in [-0.1, -0.05) is 36.4 Å². The van der Waals surface area contributed by atoms with Gasteiger partial charge in [0.2, 0.25) is 45.3 Å². The van der Waals surface area contributed by atoms with Crippen LogP contribution in [0.3, 0.4) is 0 Å². The largest absolute Gasteiger partial charge is 0.324 e. The Labute approximate surface area is 615 Å². The zero-order valence-corrected chi connectivity index (χ0v) is 60.4.